The van der Waals surface area contributed by atoms with Gasteiger partial charge in [0.25, 0.3) is 0 Å². The smallest absolute Gasteiger partial charge is 0.0849 e. The molecule has 1 unspecified atom stereocenters. The molecule has 0 saturated carbocycles. The summed E-state index contributed by atoms with van der Waals surface area (Å²) in [6.45, 7) is 4.04. The first-order chi connectivity index (χ1) is 8.90. The van der Waals surface area contributed by atoms with Gasteiger partial charge in [-0.1, -0.05) is 33.6 Å². The highest BCUT2D eigenvalue weighted by Crippen LogP contribution is 2.37. The number of hydrogen-bond acceptors (Lipinski definition) is 0. The van der Waals surface area contributed by atoms with Crippen LogP contribution >= 0.6 is 61.7 Å². The largest absolute Gasteiger partial charge is 0.113 e. The predicted molar refractivity (Wildman–Crippen MR) is 95.5 cm³/mol. The Morgan fingerprint density at radius 3 is 2.42 bits per heavy atom. The Bertz CT molecular complexity index is 626. The summed E-state index contributed by atoms with van der Waals surface area (Å²) in [5, 5.41) is 0.604. The average molecular weight is 470 g/mol. The first kappa shape index (κ1) is 15.6. The molecule has 2 rings (SSSR count). The number of rotatable bonds is 2. The van der Waals surface area contributed by atoms with Gasteiger partial charge >= 0.3 is 0 Å². The van der Waals surface area contributed by atoms with Gasteiger partial charge in [0.2, 0.25) is 0 Å². The molecule has 0 N–H and O–H groups in total. The van der Waals surface area contributed by atoms with Crippen LogP contribution < -0.4 is 0 Å². The highest BCUT2D eigenvalue weighted by Gasteiger charge is 2.17. The van der Waals surface area contributed by atoms with Crippen LogP contribution in [0.2, 0.25) is 5.02 Å². The van der Waals surface area contributed by atoms with Crippen molar-refractivity contribution in [3.63, 3.8) is 0 Å². The summed E-state index contributed by atoms with van der Waals surface area (Å²) in [5.74, 6) is 0. The molecule has 0 amide bonds. The molecule has 0 saturated heterocycles. The number of hydrogen-bond donors (Lipinski definition) is 0. The van der Waals surface area contributed by atoms with E-state index in [0.717, 1.165) is 31.7 Å². The van der Waals surface area contributed by atoms with Crippen LogP contribution in [0, 0.1) is 17.4 Å². The fourth-order valence-corrected chi connectivity index (χ4v) is 3.71. The Morgan fingerprint density at radius 1 is 1.05 bits per heavy atom. The highest BCUT2D eigenvalue weighted by molar-refractivity contribution is 14.1. The fourth-order valence-electron chi connectivity index (χ4n) is 1.95. The van der Waals surface area contributed by atoms with Crippen LogP contribution in [-0.2, 0) is 0 Å². The number of alkyl halides is 1. The summed E-state index contributed by atoms with van der Waals surface area (Å²) < 4.78 is 2.20. The van der Waals surface area contributed by atoms with Crippen molar-refractivity contribution in [2.24, 2.45) is 0 Å². The minimum atomic E-state index is -0.181. The summed E-state index contributed by atoms with van der Waals surface area (Å²) in [5.41, 5.74) is 4.35. The summed E-state index contributed by atoms with van der Waals surface area (Å²) in [7, 11) is 0. The third-order valence-corrected chi connectivity index (χ3v) is 5.32. The molecule has 0 aliphatic heterocycles. The Morgan fingerprint density at radius 2 is 1.74 bits per heavy atom. The van der Waals surface area contributed by atoms with Crippen LogP contribution in [-0.4, -0.2) is 0 Å². The molecule has 0 aliphatic rings. The molecule has 2 aromatic rings. The molecule has 0 heterocycles. The Balaban J connectivity index is 2.52. The van der Waals surface area contributed by atoms with Gasteiger partial charge in [0.15, 0.2) is 0 Å². The molecule has 0 bridgehead atoms. The van der Waals surface area contributed by atoms with E-state index in [-0.39, 0.29) is 5.38 Å². The number of aryl methyl sites for hydroxylation is 2. The van der Waals surface area contributed by atoms with E-state index in [9.17, 15) is 0 Å². The van der Waals surface area contributed by atoms with Crippen molar-refractivity contribution in [1.82, 2.24) is 0 Å². The maximum atomic E-state index is 6.66. The molecule has 0 nitrogen and oxygen atoms in total. The van der Waals surface area contributed by atoms with Gasteiger partial charge < -0.3 is 0 Å². The summed E-state index contributed by atoms with van der Waals surface area (Å²) in [6, 6.07) is 10.2. The molecule has 0 fully saturated rings. The van der Waals surface area contributed by atoms with Crippen LogP contribution in [0.3, 0.4) is 0 Å². The quantitative estimate of drug-likeness (QED) is 0.341. The van der Waals surface area contributed by atoms with Crippen molar-refractivity contribution in [3.05, 3.63) is 65.7 Å². The highest BCUT2D eigenvalue weighted by atomic mass is 127. The van der Waals surface area contributed by atoms with Crippen LogP contribution in [0.1, 0.15) is 27.6 Å². The summed E-state index contributed by atoms with van der Waals surface area (Å²) >= 11 is 18.7. The van der Waals surface area contributed by atoms with Crippen LogP contribution in [0.5, 0.6) is 0 Å². The molecule has 0 spiro atoms. The van der Waals surface area contributed by atoms with Crippen molar-refractivity contribution < 1.29 is 0 Å². The standard InChI is InChI=1S/C15H12BrCl2I/c1-8-6-14(17)9(2)5-11(8)15(18)12-7-10(19)3-4-13(12)16/h3-7,15H,1-2H3. The third kappa shape index (κ3) is 3.46. The number of benzene rings is 2. The monoisotopic (exact) mass is 468 g/mol. The maximum absolute atomic E-state index is 6.66. The van der Waals surface area contributed by atoms with E-state index in [0.29, 0.717) is 0 Å². The van der Waals surface area contributed by atoms with Crippen LogP contribution in [0.15, 0.2) is 34.8 Å². The maximum Gasteiger partial charge on any atom is 0.0849 e. The zero-order chi connectivity index (χ0) is 14.2. The second-order valence-electron chi connectivity index (χ2n) is 4.49. The molecule has 1 atom stereocenters. The lowest BCUT2D eigenvalue weighted by Crippen LogP contribution is -1.99. The van der Waals surface area contributed by atoms with Gasteiger partial charge in [-0.15, -0.1) is 11.6 Å². The fraction of sp³-hybridized carbons (Fsp3) is 0.200. The first-order valence-electron chi connectivity index (χ1n) is 5.76. The van der Waals surface area contributed by atoms with E-state index in [4.69, 9.17) is 23.2 Å². The van der Waals surface area contributed by atoms with E-state index >= 15 is 0 Å². The van der Waals surface area contributed by atoms with Gasteiger partial charge in [0.05, 0.1) is 5.38 Å². The first-order valence-corrected chi connectivity index (χ1v) is 8.44. The number of halogens is 4. The predicted octanol–water partition coefficient (Wildman–Crippen LogP) is 6.65. The SMILES string of the molecule is Cc1cc(C(Cl)c2cc(I)ccc2Br)c(C)cc1Cl. The second-order valence-corrected chi connectivity index (χ2v) is 7.43. The van der Waals surface area contributed by atoms with Gasteiger partial charge in [-0.2, -0.15) is 0 Å². The molecule has 0 radical (unpaired) electrons. The van der Waals surface area contributed by atoms with Gasteiger partial charge in [-0.05, 0) is 83.0 Å². The summed E-state index contributed by atoms with van der Waals surface area (Å²) in [4.78, 5) is 0. The Labute approximate surface area is 145 Å². The molecule has 4 heteroatoms. The Kier molecular flexibility index (Phi) is 5.21. The topological polar surface area (TPSA) is 0 Å². The van der Waals surface area contributed by atoms with Crippen molar-refractivity contribution >= 4 is 61.7 Å². The lowest BCUT2D eigenvalue weighted by atomic mass is 9.98. The lowest BCUT2D eigenvalue weighted by Gasteiger charge is -2.16. The van der Waals surface area contributed by atoms with Gasteiger partial charge in [0.1, 0.15) is 0 Å². The van der Waals surface area contributed by atoms with Crippen molar-refractivity contribution in [2.45, 2.75) is 19.2 Å². The van der Waals surface area contributed by atoms with Gasteiger partial charge in [-0.3, -0.25) is 0 Å². The summed E-state index contributed by atoms with van der Waals surface area (Å²) in [6.07, 6.45) is 0. The minimum Gasteiger partial charge on any atom is -0.113 e. The second kappa shape index (κ2) is 6.33. The molecule has 0 aliphatic carbocycles. The normalized spacial score (nSPS) is 12.5. The lowest BCUT2D eigenvalue weighted by molar-refractivity contribution is 1.09. The molecular weight excluding hydrogens is 458 g/mol. The van der Waals surface area contributed by atoms with Crippen molar-refractivity contribution in [2.75, 3.05) is 0 Å². The van der Waals surface area contributed by atoms with Crippen molar-refractivity contribution in [3.8, 4) is 0 Å². The van der Waals surface area contributed by atoms with E-state index in [1.54, 1.807) is 0 Å². The molecular formula is C15H12BrCl2I. The van der Waals surface area contributed by atoms with Crippen LogP contribution in [0.4, 0.5) is 0 Å². The zero-order valence-electron chi connectivity index (χ0n) is 10.5. The molecule has 2 aromatic carbocycles. The van der Waals surface area contributed by atoms with Crippen LogP contribution in [0.25, 0.3) is 0 Å². The average Bonchev–Trinajstić information content (AvgIpc) is 2.36. The van der Waals surface area contributed by atoms with E-state index in [1.807, 2.05) is 26.0 Å². The minimum absolute atomic E-state index is 0.181. The van der Waals surface area contributed by atoms with Gasteiger partial charge in [-0.25, -0.2) is 0 Å². The van der Waals surface area contributed by atoms with E-state index < -0.39 is 0 Å². The van der Waals surface area contributed by atoms with E-state index in [1.165, 1.54) is 3.57 Å². The van der Waals surface area contributed by atoms with Crippen molar-refractivity contribution in [1.29, 1.82) is 0 Å². The molecule has 19 heavy (non-hydrogen) atoms. The molecule has 100 valence electrons. The zero-order valence-corrected chi connectivity index (χ0v) is 15.7. The Hall–Kier alpha value is 0.230. The van der Waals surface area contributed by atoms with Gasteiger partial charge in [0, 0.05) is 13.1 Å². The van der Waals surface area contributed by atoms with E-state index in [2.05, 4.69) is 56.7 Å². The third-order valence-electron chi connectivity index (χ3n) is 3.05. The molecule has 0 aromatic heterocycles.